The first-order valence-corrected chi connectivity index (χ1v) is 7.38. The number of methoxy groups -OCH3 is 1. The van der Waals surface area contributed by atoms with Gasteiger partial charge < -0.3 is 4.74 Å². The molecule has 0 heterocycles. The zero-order chi connectivity index (χ0) is 13.6. The van der Waals surface area contributed by atoms with Gasteiger partial charge >= 0.3 is 5.97 Å². The van der Waals surface area contributed by atoms with Crippen LogP contribution in [0, 0.1) is 0 Å². The van der Waals surface area contributed by atoms with E-state index in [1.165, 1.54) is 7.11 Å². The summed E-state index contributed by atoms with van der Waals surface area (Å²) in [6, 6.07) is 6.49. The predicted molar refractivity (Wildman–Crippen MR) is 69.1 cm³/mol. The second-order valence-electron chi connectivity index (χ2n) is 3.52. The number of rotatable bonds is 6. The molecule has 0 unspecified atom stereocenters. The van der Waals surface area contributed by atoms with E-state index in [4.69, 9.17) is 11.6 Å². The summed E-state index contributed by atoms with van der Waals surface area (Å²) in [5, 5.41) is 0. The second kappa shape index (κ2) is 6.72. The molecule has 0 amide bonds. The highest BCUT2D eigenvalue weighted by molar-refractivity contribution is 7.89. The van der Waals surface area contributed by atoms with E-state index in [1.54, 1.807) is 24.3 Å². The lowest BCUT2D eigenvalue weighted by molar-refractivity contribution is 0.0600. The molecule has 0 spiro atoms. The van der Waals surface area contributed by atoms with Gasteiger partial charge in [-0.25, -0.2) is 17.9 Å². The Kier molecular flexibility index (Phi) is 5.58. The third-order valence-electron chi connectivity index (χ3n) is 2.22. The molecule has 1 rings (SSSR count). The van der Waals surface area contributed by atoms with Crippen LogP contribution in [0.4, 0.5) is 0 Å². The van der Waals surface area contributed by atoms with Gasteiger partial charge in [0.1, 0.15) is 0 Å². The van der Waals surface area contributed by atoms with Gasteiger partial charge in [0, 0.05) is 12.4 Å². The van der Waals surface area contributed by atoms with Gasteiger partial charge in [0.15, 0.2) is 0 Å². The maximum absolute atomic E-state index is 11.4. The molecule has 0 aliphatic heterocycles. The highest BCUT2D eigenvalue weighted by Crippen LogP contribution is 2.06. The standard InChI is InChI=1S/C11H14ClNO4S/c1-17-11(14)10-4-2-9(3-5-10)8-13-18(15,16)7-6-12/h2-5,13H,6-8H2,1H3. The summed E-state index contributed by atoms with van der Waals surface area (Å²) in [6.07, 6.45) is 0. The number of halogens is 1. The van der Waals surface area contributed by atoms with Crippen LogP contribution in [-0.2, 0) is 21.3 Å². The van der Waals surface area contributed by atoms with E-state index < -0.39 is 16.0 Å². The summed E-state index contributed by atoms with van der Waals surface area (Å²) in [4.78, 5) is 11.2. The fourth-order valence-corrected chi connectivity index (χ4v) is 2.59. The van der Waals surface area contributed by atoms with Gasteiger partial charge in [-0.1, -0.05) is 12.1 Å². The van der Waals surface area contributed by atoms with Crippen molar-refractivity contribution < 1.29 is 17.9 Å². The molecule has 18 heavy (non-hydrogen) atoms. The largest absolute Gasteiger partial charge is 0.465 e. The fourth-order valence-electron chi connectivity index (χ4n) is 1.24. The normalized spacial score (nSPS) is 11.2. The molecule has 0 aliphatic rings. The Morgan fingerprint density at radius 3 is 2.44 bits per heavy atom. The molecule has 0 saturated carbocycles. The van der Waals surface area contributed by atoms with Crippen molar-refractivity contribution in [1.82, 2.24) is 4.72 Å². The molecule has 1 N–H and O–H groups in total. The average Bonchev–Trinajstić information content (AvgIpc) is 2.36. The lowest BCUT2D eigenvalue weighted by Gasteiger charge is -2.06. The number of esters is 1. The van der Waals surface area contributed by atoms with Crippen molar-refractivity contribution >= 4 is 27.6 Å². The lowest BCUT2D eigenvalue weighted by atomic mass is 10.1. The molecule has 7 heteroatoms. The lowest BCUT2D eigenvalue weighted by Crippen LogP contribution is -2.26. The highest BCUT2D eigenvalue weighted by atomic mass is 35.5. The minimum absolute atomic E-state index is 0.0522. The van der Waals surface area contributed by atoms with Crippen molar-refractivity contribution in [3.05, 3.63) is 35.4 Å². The number of benzene rings is 1. The topological polar surface area (TPSA) is 72.5 Å². The van der Waals surface area contributed by atoms with Crippen LogP contribution in [0.5, 0.6) is 0 Å². The van der Waals surface area contributed by atoms with Gasteiger partial charge in [0.25, 0.3) is 0 Å². The van der Waals surface area contributed by atoms with E-state index in [2.05, 4.69) is 9.46 Å². The SMILES string of the molecule is COC(=O)c1ccc(CNS(=O)(=O)CCCl)cc1. The quantitative estimate of drug-likeness (QED) is 0.630. The summed E-state index contributed by atoms with van der Waals surface area (Å²) < 4.78 is 29.7. The van der Waals surface area contributed by atoms with Crippen LogP contribution >= 0.6 is 11.6 Å². The van der Waals surface area contributed by atoms with Gasteiger partial charge in [-0.15, -0.1) is 11.6 Å². The number of nitrogens with one attached hydrogen (secondary N) is 1. The molecule has 0 saturated heterocycles. The molecule has 0 radical (unpaired) electrons. The molecule has 0 atom stereocenters. The van der Waals surface area contributed by atoms with Crippen molar-refractivity contribution in [3.8, 4) is 0 Å². The minimum atomic E-state index is -3.33. The first-order valence-electron chi connectivity index (χ1n) is 5.19. The number of carbonyl (C=O) groups is 1. The van der Waals surface area contributed by atoms with E-state index in [0.717, 1.165) is 5.56 Å². The summed E-state index contributed by atoms with van der Waals surface area (Å²) in [6.45, 7) is 0.167. The van der Waals surface area contributed by atoms with Crippen LogP contribution in [-0.4, -0.2) is 33.1 Å². The maximum Gasteiger partial charge on any atom is 0.337 e. The molecule has 0 aliphatic carbocycles. The monoisotopic (exact) mass is 291 g/mol. The van der Waals surface area contributed by atoms with Crippen LogP contribution in [0.15, 0.2) is 24.3 Å². The van der Waals surface area contributed by atoms with Gasteiger partial charge in [-0.3, -0.25) is 0 Å². The van der Waals surface area contributed by atoms with E-state index in [0.29, 0.717) is 5.56 Å². The Balaban J connectivity index is 2.62. The number of hydrogen-bond donors (Lipinski definition) is 1. The maximum atomic E-state index is 11.4. The van der Waals surface area contributed by atoms with Crippen molar-refractivity contribution in [2.24, 2.45) is 0 Å². The van der Waals surface area contributed by atoms with Gasteiger partial charge in [-0.05, 0) is 17.7 Å². The zero-order valence-corrected chi connectivity index (χ0v) is 11.4. The number of alkyl halides is 1. The first-order chi connectivity index (χ1) is 8.48. The van der Waals surface area contributed by atoms with E-state index in [-0.39, 0.29) is 18.2 Å². The third-order valence-corrected chi connectivity index (χ3v) is 3.96. The van der Waals surface area contributed by atoms with Gasteiger partial charge in [-0.2, -0.15) is 0 Å². The molecule has 1 aromatic rings. The number of hydrogen-bond acceptors (Lipinski definition) is 4. The summed E-state index contributed by atoms with van der Waals surface area (Å²) >= 11 is 5.37. The number of carbonyl (C=O) groups excluding carboxylic acids is 1. The van der Waals surface area contributed by atoms with Crippen molar-refractivity contribution in [1.29, 1.82) is 0 Å². The van der Waals surface area contributed by atoms with Crippen molar-refractivity contribution in [3.63, 3.8) is 0 Å². The van der Waals surface area contributed by atoms with Crippen LogP contribution in [0.25, 0.3) is 0 Å². The Hall–Kier alpha value is -1.11. The van der Waals surface area contributed by atoms with Gasteiger partial charge in [0.05, 0.1) is 18.4 Å². The molecule has 100 valence electrons. The Labute approximate surface area is 111 Å². The minimum Gasteiger partial charge on any atom is -0.465 e. The molecule has 1 aromatic carbocycles. The Morgan fingerprint density at radius 2 is 1.94 bits per heavy atom. The summed E-state index contributed by atoms with van der Waals surface area (Å²) in [5.41, 5.74) is 1.17. The molecule has 0 fully saturated rings. The molecular weight excluding hydrogens is 278 g/mol. The molecule has 0 bridgehead atoms. The summed E-state index contributed by atoms with van der Waals surface area (Å²) in [5.74, 6) is -0.491. The van der Waals surface area contributed by atoms with Crippen LogP contribution in [0.1, 0.15) is 15.9 Å². The fraction of sp³-hybridized carbons (Fsp3) is 0.364. The first kappa shape index (κ1) is 14.9. The number of sulfonamides is 1. The highest BCUT2D eigenvalue weighted by Gasteiger charge is 2.09. The Morgan fingerprint density at radius 1 is 1.33 bits per heavy atom. The van der Waals surface area contributed by atoms with Crippen LogP contribution in [0.2, 0.25) is 0 Å². The van der Waals surface area contributed by atoms with E-state index in [1.807, 2.05) is 0 Å². The zero-order valence-electron chi connectivity index (χ0n) is 9.85. The molecular formula is C11H14ClNO4S. The molecule has 0 aromatic heterocycles. The molecule has 5 nitrogen and oxygen atoms in total. The predicted octanol–water partition coefficient (Wildman–Crippen LogP) is 1.13. The Bertz CT molecular complexity index is 498. The van der Waals surface area contributed by atoms with Crippen LogP contribution < -0.4 is 4.72 Å². The third kappa shape index (κ3) is 4.64. The van der Waals surface area contributed by atoms with Crippen LogP contribution in [0.3, 0.4) is 0 Å². The average molecular weight is 292 g/mol. The summed E-state index contributed by atoms with van der Waals surface area (Å²) in [7, 11) is -2.03. The second-order valence-corrected chi connectivity index (χ2v) is 5.82. The van der Waals surface area contributed by atoms with Gasteiger partial charge in [0.2, 0.25) is 10.0 Å². The van der Waals surface area contributed by atoms with Crippen molar-refractivity contribution in [2.75, 3.05) is 18.7 Å². The van der Waals surface area contributed by atoms with E-state index in [9.17, 15) is 13.2 Å². The van der Waals surface area contributed by atoms with Crippen molar-refractivity contribution in [2.45, 2.75) is 6.54 Å². The smallest absolute Gasteiger partial charge is 0.337 e. The van der Waals surface area contributed by atoms with E-state index >= 15 is 0 Å². The number of ether oxygens (including phenoxy) is 1.